The second-order valence-electron chi connectivity index (χ2n) is 7.36. The van der Waals surface area contributed by atoms with Gasteiger partial charge in [-0.2, -0.15) is 0 Å². The van der Waals surface area contributed by atoms with E-state index in [9.17, 15) is 0 Å². The fourth-order valence-electron chi connectivity index (χ4n) is 3.68. The maximum absolute atomic E-state index is 4.95. The first-order valence-corrected chi connectivity index (χ1v) is 7.55. The van der Waals surface area contributed by atoms with Gasteiger partial charge in [0.2, 0.25) is 0 Å². The van der Waals surface area contributed by atoms with Gasteiger partial charge in [0.15, 0.2) is 0 Å². The van der Waals surface area contributed by atoms with Gasteiger partial charge >= 0.3 is 0 Å². The largest absolute Gasteiger partial charge is 0.332 e. The van der Waals surface area contributed by atoms with Gasteiger partial charge in [-0.3, -0.25) is 0 Å². The molecule has 0 saturated carbocycles. The Hall–Kier alpha value is -0.790. The third kappa shape index (κ3) is 1.90. The Balaban J connectivity index is 1.96. The molecule has 1 aromatic rings. The first-order valence-electron chi connectivity index (χ1n) is 7.55. The van der Waals surface area contributed by atoms with Crippen LogP contribution in [-0.2, 0) is 19.4 Å². The summed E-state index contributed by atoms with van der Waals surface area (Å²) in [6.07, 6.45) is 6.42. The molecule has 2 heterocycles. The third-order valence-corrected chi connectivity index (χ3v) is 5.04. The van der Waals surface area contributed by atoms with Crippen LogP contribution in [0.4, 0.5) is 0 Å². The molecule has 1 aliphatic heterocycles. The number of aryl methyl sites for hydroxylation is 1. The van der Waals surface area contributed by atoms with Crippen molar-refractivity contribution in [3.63, 3.8) is 0 Å². The highest BCUT2D eigenvalue weighted by atomic mass is 15.1. The van der Waals surface area contributed by atoms with E-state index in [0.29, 0.717) is 11.3 Å². The lowest BCUT2D eigenvalue weighted by Gasteiger charge is -2.34. The molecule has 3 rings (SSSR count). The van der Waals surface area contributed by atoms with Crippen LogP contribution in [0.3, 0.4) is 0 Å². The van der Waals surface area contributed by atoms with E-state index in [2.05, 4.69) is 32.3 Å². The van der Waals surface area contributed by atoms with Crippen LogP contribution in [-0.4, -0.2) is 9.55 Å². The molecule has 2 nitrogen and oxygen atoms in total. The molecule has 2 aliphatic rings. The zero-order valence-corrected chi connectivity index (χ0v) is 12.3. The molecular formula is C16H26N2. The predicted octanol–water partition coefficient (Wildman–Crippen LogP) is 3.93. The molecule has 2 atom stereocenters. The summed E-state index contributed by atoms with van der Waals surface area (Å²) < 4.78 is 2.56. The zero-order chi connectivity index (χ0) is 12.9. The molecule has 0 aromatic carbocycles. The summed E-state index contributed by atoms with van der Waals surface area (Å²) in [7, 11) is 0. The zero-order valence-electron chi connectivity index (χ0n) is 12.3. The van der Waals surface area contributed by atoms with Crippen LogP contribution in [0.5, 0.6) is 0 Å². The normalized spacial score (nSPS) is 27.8. The summed E-state index contributed by atoms with van der Waals surface area (Å²) in [6.45, 7) is 10.7. The smallest absolute Gasteiger partial charge is 0.112 e. The Morgan fingerprint density at radius 3 is 2.72 bits per heavy atom. The maximum Gasteiger partial charge on any atom is 0.112 e. The van der Waals surface area contributed by atoms with Crippen LogP contribution in [0.15, 0.2) is 0 Å². The Morgan fingerprint density at radius 2 is 2.00 bits per heavy atom. The standard InChI is InChI=1S/C16H26N2/c1-11-6-5-9-18-14-10-12(16(2,3)4)7-8-13(14)17-15(11)18/h11-12H,5-10H2,1-4H3. The molecule has 18 heavy (non-hydrogen) atoms. The van der Waals surface area contributed by atoms with Gasteiger partial charge in [-0.25, -0.2) is 4.98 Å². The van der Waals surface area contributed by atoms with Gasteiger partial charge in [0.05, 0.1) is 5.69 Å². The van der Waals surface area contributed by atoms with Crippen molar-refractivity contribution in [2.24, 2.45) is 11.3 Å². The van der Waals surface area contributed by atoms with E-state index >= 15 is 0 Å². The summed E-state index contributed by atoms with van der Waals surface area (Å²) >= 11 is 0. The summed E-state index contributed by atoms with van der Waals surface area (Å²) in [4.78, 5) is 4.95. The Kier molecular flexibility index (Phi) is 2.80. The highest BCUT2D eigenvalue weighted by Gasteiger charge is 2.33. The first-order chi connectivity index (χ1) is 8.47. The van der Waals surface area contributed by atoms with Crippen LogP contribution < -0.4 is 0 Å². The lowest BCUT2D eigenvalue weighted by molar-refractivity contribution is 0.211. The topological polar surface area (TPSA) is 17.8 Å². The summed E-state index contributed by atoms with van der Waals surface area (Å²) in [5.74, 6) is 2.86. The molecule has 2 heteroatoms. The van der Waals surface area contributed by atoms with Crippen molar-refractivity contribution >= 4 is 0 Å². The molecule has 100 valence electrons. The summed E-state index contributed by atoms with van der Waals surface area (Å²) in [5.41, 5.74) is 3.42. The molecule has 1 aromatic heterocycles. The third-order valence-electron chi connectivity index (χ3n) is 5.04. The summed E-state index contributed by atoms with van der Waals surface area (Å²) in [5, 5.41) is 0. The molecule has 1 aliphatic carbocycles. The number of hydrogen-bond acceptors (Lipinski definition) is 1. The van der Waals surface area contributed by atoms with Crippen molar-refractivity contribution in [1.82, 2.24) is 9.55 Å². The minimum Gasteiger partial charge on any atom is -0.332 e. The fourth-order valence-corrected chi connectivity index (χ4v) is 3.68. The molecular weight excluding hydrogens is 220 g/mol. The van der Waals surface area contributed by atoms with Crippen LogP contribution in [0.2, 0.25) is 0 Å². The van der Waals surface area contributed by atoms with E-state index in [1.807, 2.05) is 0 Å². The highest BCUT2D eigenvalue weighted by Crippen LogP contribution is 2.39. The van der Waals surface area contributed by atoms with E-state index in [-0.39, 0.29) is 0 Å². The molecule has 0 fully saturated rings. The molecule has 0 bridgehead atoms. The molecule has 0 amide bonds. The first kappa shape index (κ1) is 12.3. The predicted molar refractivity (Wildman–Crippen MR) is 74.8 cm³/mol. The minimum atomic E-state index is 0.433. The van der Waals surface area contributed by atoms with Crippen molar-refractivity contribution in [1.29, 1.82) is 0 Å². The Labute approximate surface area is 111 Å². The highest BCUT2D eigenvalue weighted by molar-refractivity contribution is 5.24. The Morgan fingerprint density at radius 1 is 1.22 bits per heavy atom. The average Bonchev–Trinajstić information content (AvgIpc) is 2.67. The van der Waals surface area contributed by atoms with Crippen molar-refractivity contribution in [3.8, 4) is 0 Å². The average molecular weight is 246 g/mol. The number of rotatable bonds is 0. The number of nitrogens with zero attached hydrogens (tertiary/aromatic N) is 2. The van der Waals surface area contributed by atoms with Crippen molar-refractivity contribution in [2.75, 3.05) is 0 Å². The van der Waals surface area contributed by atoms with Crippen molar-refractivity contribution < 1.29 is 0 Å². The lowest BCUT2D eigenvalue weighted by Crippen LogP contribution is -2.28. The second kappa shape index (κ2) is 4.11. The van der Waals surface area contributed by atoms with Gasteiger partial charge in [-0.05, 0) is 43.4 Å². The van der Waals surface area contributed by atoms with Gasteiger partial charge in [0.1, 0.15) is 5.82 Å². The summed E-state index contributed by atoms with van der Waals surface area (Å²) in [6, 6.07) is 0. The van der Waals surface area contributed by atoms with Crippen molar-refractivity contribution in [2.45, 2.75) is 72.3 Å². The van der Waals surface area contributed by atoms with Crippen LogP contribution in [0.1, 0.15) is 70.1 Å². The van der Waals surface area contributed by atoms with Crippen molar-refractivity contribution in [3.05, 3.63) is 17.2 Å². The van der Waals surface area contributed by atoms with Gasteiger partial charge in [-0.15, -0.1) is 0 Å². The minimum absolute atomic E-state index is 0.433. The number of aromatic nitrogens is 2. The molecule has 0 radical (unpaired) electrons. The van der Waals surface area contributed by atoms with Crippen LogP contribution in [0, 0.1) is 11.3 Å². The quantitative estimate of drug-likeness (QED) is 0.678. The SMILES string of the molecule is CC1CCCn2c1nc1c2CC(C(C)(C)C)CC1. The van der Waals surface area contributed by atoms with Gasteiger partial charge in [-0.1, -0.05) is 27.7 Å². The van der Waals surface area contributed by atoms with Crippen LogP contribution >= 0.6 is 0 Å². The molecule has 0 spiro atoms. The molecule has 0 saturated heterocycles. The van der Waals surface area contributed by atoms with E-state index in [1.54, 1.807) is 5.69 Å². The van der Waals surface area contributed by atoms with E-state index < -0.39 is 0 Å². The van der Waals surface area contributed by atoms with Crippen LogP contribution in [0.25, 0.3) is 0 Å². The monoisotopic (exact) mass is 246 g/mol. The second-order valence-corrected chi connectivity index (χ2v) is 7.36. The van der Waals surface area contributed by atoms with E-state index in [1.165, 1.54) is 50.2 Å². The number of hydrogen-bond donors (Lipinski definition) is 0. The molecule has 0 N–H and O–H groups in total. The van der Waals surface area contributed by atoms with E-state index in [0.717, 1.165) is 5.92 Å². The molecule has 2 unspecified atom stereocenters. The lowest BCUT2D eigenvalue weighted by atomic mass is 9.72. The fraction of sp³-hybridized carbons (Fsp3) is 0.812. The number of imidazole rings is 1. The van der Waals surface area contributed by atoms with Gasteiger partial charge < -0.3 is 4.57 Å². The van der Waals surface area contributed by atoms with Gasteiger partial charge in [0.25, 0.3) is 0 Å². The van der Waals surface area contributed by atoms with Gasteiger partial charge in [0, 0.05) is 18.2 Å². The number of fused-ring (bicyclic) bond motifs is 3. The maximum atomic E-state index is 4.95. The van der Waals surface area contributed by atoms with E-state index in [4.69, 9.17) is 4.98 Å². The Bertz CT molecular complexity index is 450.